The number of fused-ring (bicyclic) bond motifs is 1. The summed E-state index contributed by atoms with van der Waals surface area (Å²) in [5.74, 6) is 2.51. The fourth-order valence-corrected chi connectivity index (χ4v) is 4.95. The third-order valence-corrected chi connectivity index (χ3v) is 6.70. The molecule has 37 heavy (non-hydrogen) atoms. The molecule has 192 valence electrons. The number of carbonyl (C=O) groups is 1. The zero-order valence-corrected chi connectivity index (χ0v) is 21.5. The number of methoxy groups -OCH3 is 1. The van der Waals surface area contributed by atoms with Gasteiger partial charge in [-0.3, -0.25) is 9.69 Å². The van der Waals surface area contributed by atoms with Crippen LogP contribution in [0.15, 0.2) is 48.5 Å². The molecule has 2 aromatic carbocycles. The number of nitrogens with one attached hydrogen (secondary N) is 1. The van der Waals surface area contributed by atoms with E-state index in [-0.39, 0.29) is 12.5 Å². The fraction of sp³-hybridized carbons (Fsp3) is 0.370. The molecule has 3 heterocycles. The van der Waals surface area contributed by atoms with Crippen molar-refractivity contribution >= 4 is 11.8 Å². The molecule has 2 aromatic heterocycles. The number of aromatic amines is 1. The van der Waals surface area contributed by atoms with Crippen molar-refractivity contribution in [3.8, 4) is 22.5 Å². The van der Waals surface area contributed by atoms with Crippen LogP contribution in [0.3, 0.4) is 0 Å². The van der Waals surface area contributed by atoms with Gasteiger partial charge in [-0.1, -0.05) is 62.4 Å². The van der Waals surface area contributed by atoms with Crippen LogP contribution in [-0.4, -0.2) is 67.9 Å². The lowest BCUT2D eigenvalue weighted by Gasteiger charge is -2.35. The van der Waals surface area contributed by atoms with Crippen LogP contribution in [-0.2, 0) is 29.0 Å². The first-order valence-corrected chi connectivity index (χ1v) is 12.7. The van der Waals surface area contributed by atoms with Crippen LogP contribution in [0.25, 0.3) is 22.5 Å². The number of esters is 1. The molecule has 1 aliphatic heterocycles. The standard InChI is InChI=1S/C27H32N8O2/c1-4-14-34-18-33(17-25(36)37-3)16-23-27(34)28-24(5-2)35(23)15-19-10-12-20(13-11-19)21-8-6-7-9-22(21)26-29-31-32-30-26/h6-13H,4-5,14-18H2,1-3H3,(H,29,30,31,32). The van der Waals surface area contributed by atoms with E-state index >= 15 is 0 Å². The molecule has 0 unspecified atom stereocenters. The third-order valence-electron chi connectivity index (χ3n) is 6.70. The molecule has 0 atom stereocenters. The number of anilines is 1. The minimum absolute atomic E-state index is 0.223. The van der Waals surface area contributed by atoms with E-state index in [1.807, 2.05) is 18.2 Å². The Labute approximate surface area is 216 Å². The van der Waals surface area contributed by atoms with Gasteiger partial charge in [0.1, 0.15) is 5.82 Å². The summed E-state index contributed by atoms with van der Waals surface area (Å²) in [6.07, 6.45) is 1.84. The second-order valence-corrected chi connectivity index (χ2v) is 9.20. The largest absolute Gasteiger partial charge is 0.468 e. The predicted octanol–water partition coefficient (Wildman–Crippen LogP) is 3.50. The van der Waals surface area contributed by atoms with E-state index < -0.39 is 0 Å². The maximum Gasteiger partial charge on any atom is 0.319 e. The molecule has 0 fully saturated rings. The Hall–Kier alpha value is -4.05. The number of tetrazole rings is 1. The highest BCUT2D eigenvalue weighted by atomic mass is 16.5. The number of hydrogen-bond donors (Lipinski definition) is 1. The van der Waals surface area contributed by atoms with Crippen molar-refractivity contribution in [1.29, 1.82) is 0 Å². The van der Waals surface area contributed by atoms with Gasteiger partial charge in [0.05, 0.1) is 26.0 Å². The van der Waals surface area contributed by atoms with Gasteiger partial charge in [-0.2, -0.15) is 0 Å². The van der Waals surface area contributed by atoms with Gasteiger partial charge in [0.2, 0.25) is 0 Å². The number of rotatable bonds is 9. The molecule has 0 aliphatic carbocycles. The van der Waals surface area contributed by atoms with Crippen LogP contribution in [0.1, 0.15) is 37.4 Å². The van der Waals surface area contributed by atoms with E-state index in [0.717, 1.165) is 53.4 Å². The van der Waals surface area contributed by atoms with Crippen LogP contribution >= 0.6 is 0 Å². The first-order chi connectivity index (χ1) is 18.1. The van der Waals surface area contributed by atoms with Crippen LogP contribution in [0.2, 0.25) is 0 Å². The molecule has 0 bridgehead atoms. The third kappa shape index (κ3) is 5.10. The zero-order chi connectivity index (χ0) is 25.8. The molecular weight excluding hydrogens is 468 g/mol. The highest BCUT2D eigenvalue weighted by Gasteiger charge is 2.29. The number of aromatic nitrogens is 6. The lowest BCUT2D eigenvalue weighted by atomic mass is 9.98. The molecule has 10 nitrogen and oxygen atoms in total. The van der Waals surface area contributed by atoms with Gasteiger partial charge in [-0.15, -0.1) is 5.10 Å². The number of imidazole rings is 1. The molecule has 10 heteroatoms. The van der Waals surface area contributed by atoms with Crippen LogP contribution < -0.4 is 4.90 Å². The number of aryl methyl sites for hydroxylation is 1. The molecule has 1 aliphatic rings. The quantitative estimate of drug-likeness (QED) is 0.348. The van der Waals surface area contributed by atoms with Crippen molar-refractivity contribution in [3.05, 3.63) is 65.6 Å². The van der Waals surface area contributed by atoms with E-state index in [4.69, 9.17) is 9.72 Å². The van der Waals surface area contributed by atoms with Gasteiger partial charge in [0, 0.05) is 31.6 Å². The summed E-state index contributed by atoms with van der Waals surface area (Å²) in [6, 6.07) is 16.7. The predicted molar refractivity (Wildman–Crippen MR) is 141 cm³/mol. The summed E-state index contributed by atoms with van der Waals surface area (Å²) in [5.41, 5.74) is 5.45. The van der Waals surface area contributed by atoms with Crippen molar-refractivity contribution in [2.75, 3.05) is 31.8 Å². The summed E-state index contributed by atoms with van der Waals surface area (Å²) in [4.78, 5) is 21.5. The van der Waals surface area contributed by atoms with E-state index in [0.29, 0.717) is 25.6 Å². The lowest BCUT2D eigenvalue weighted by molar-refractivity contribution is -0.142. The number of hydrogen-bond acceptors (Lipinski definition) is 8. The topological polar surface area (TPSA) is 105 Å². The normalized spacial score (nSPS) is 13.5. The number of ether oxygens (including phenoxy) is 1. The van der Waals surface area contributed by atoms with E-state index in [1.54, 1.807) is 0 Å². The number of H-pyrrole nitrogens is 1. The van der Waals surface area contributed by atoms with E-state index in [9.17, 15) is 4.79 Å². The van der Waals surface area contributed by atoms with Crippen LogP contribution in [0.5, 0.6) is 0 Å². The Balaban J connectivity index is 1.44. The first-order valence-electron chi connectivity index (χ1n) is 12.7. The van der Waals surface area contributed by atoms with Crippen molar-refractivity contribution in [2.24, 2.45) is 0 Å². The van der Waals surface area contributed by atoms with Crippen LogP contribution in [0, 0.1) is 0 Å². The maximum atomic E-state index is 12.0. The first kappa shape index (κ1) is 24.6. The molecule has 0 radical (unpaired) electrons. The van der Waals surface area contributed by atoms with E-state index in [1.165, 1.54) is 12.7 Å². The van der Waals surface area contributed by atoms with Crippen LogP contribution in [0.4, 0.5) is 5.82 Å². The van der Waals surface area contributed by atoms with Gasteiger partial charge in [-0.25, -0.2) is 10.1 Å². The summed E-state index contributed by atoms with van der Waals surface area (Å²) in [5, 5.41) is 14.4. The second kappa shape index (κ2) is 10.9. The molecular formula is C27H32N8O2. The number of benzene rings is 2. The Morgan fingerprint density at radius 3 is 2.54 bits per heavy atom. The fourth-order valence-electron chi connectivity index (χ4n) is 4.95. The number of carbonyl (C=O) groups excluding carboxylic acids is 1. The second-order valence-electron chi connectivity index (χ2n) is 9.20. The zero-order valence-electron chi connectivity index (χ0n) is 21.5. The molecule has 1 N–H and O–H groups in total. The van der Waals surface area contributed by atoms with Gasteiger partial charge in [0.15, 0.2) is 11.6 Å². The van der Waals surface area contributed by atoms with Crippen molar-refractivity contribution in [2.45, 2.75) is 39.8 Å². The Bertz CT molecular complexity index is 1350. The summed E-state index contributed by atoms with van der Waals surface area (Å²) < 4.78 is 7.24. The van der Waals surface area contributed by atoms with Gasteiger partial charge in [0.25, 0.3) is 0 Å². The molecule has 5 rings (SSSR count). The van der Waals surface area contributed by atoms with Crippen molar-refractivity contribution in [1.82, 2.24) is 35.1 Å². The summed E-state index contributed by atoms with van der Waals surface area (Å²) in [7, 11) is 1.44. The van der Waals surface area contributed by atoms with Crippen molar-refractivity contribution < 1.29 is 9.53 Å². The smallest absolute Gasteiger partial charge is 0.319 e. The Morgan fingerprint density at radius 1 is 1.08 bits per heavy atom. The Kier molecular flexibility index (Phi) is 7.27. The molecule has 0 spiro atoms. The average Bonchev–Trinajstić information content (AvgIpc) is 3.58. The highest BCUT2D eigenvalue weighted by molar-refractivity contribution is 5.80. The summed E-state index contributed by atoms with van der Waals surface area (Å²) in [6.45, 7) is 7.50. The molecule has 4 aromatic rings. The maximum absolute atomic E-state index is 12.0. The highest BCUT2D eigenvalue weighted by Crippen LogP contribution is 2.32. The van der Waals surface area contributed by atoms with Crippen molar-refractivity contribution in [3.63, 3.8) is 0 Å². The van der Waals surface area contributed by atoms with Gasteiger partial charge in [-0.05, 0) is 33.5 Å². The van der Waals surface area contributed by atoms with E-state index in [2.05, 4.69) is 79.2 Å². The van der Waals surface area contributed by atoms with Gasteiger partial charge < -0.3 is 14.2 Å². The minimum atomic E-state index is -0.223. The molecule has 0 saturated carbocycles. The SMILES string of the molecule is CCCN1CN(CC(=O)OC)Cc2c1nc(CC)n2Cc1ccc(-c2ccccc2-c2nnn[nH]2)cc1. The molecule has 0 amide bonds. The van der Waals surface area contributed by atoms with Gasteiger partial charge >= 0.3 is 5.97 Å². The summed E-state index contributed by atoms with van der Waals surface area (Å²) >= 11 is 0. The molecule has 0 saturated heterocycles. The average molecular weight is 501 g/mol. The monoisotopic (exact) mass is 500 g/mol. The Morgan fingerprint density at radius 2 is 1.86 bits per heavy atom. The lowest BCUT2D eigenvalue weighted by Crippen LogP contribution is -2.45. The number of nitrogens with zero attached hydrogens (tertiary/aromatic N) is 7. The minimum Gasteiger partial charge on any atom is -0.468 e.